The summed E-state index contributed by atoms with van der Waals surface area (Å²) < 4.78 is 4.59. The molecule has 0 amide bonds. The minimum Gasteiger partial charge on any atom is -0.469 e. The van der Waals surface area contributed by atoms with Crippen LogP contribution in [-0.2, 0) is 14.3 Å². The Hall–Kier alpha value is -1.38. The molecule has 0 N–H and O–H groups in total. The lowest BCUT2D eigenvalue weighted by Crippen LogP contribution is -2.07. The van der Waals surface area contributed by atoms with Gasteiger partial charge >= 0.3 is 5.97 Å². The van der Waals surface area contributed by atoms with Crippen molar-refractivity contribution in [2.45, 2.75) is 33.1 Å². The highest BCUT2D eigenvalue weighted by molar-refractivity contribution is 5.69. The summed E-state index contributed by atoms with van der Waals surface area (Å²) in [5, 5.41) is 0. The smallest absolute Gasteiger partial charge is 0.305 e. The van der Waals surface area contributed by atoms with Crippen molar-refractivity contribution in [2.75, 3.05) is 7.11 Å². The van der Waals surface area contributed by atoms with E-state index in [1.54, 1.807) is 6.08 Å². The molecule has 0 aliphatic carbocycles. The van der Waals surface area contributed by atoms with E-state index >= 15 is 0 Å². The third-order valence-electron chi connectivity index (χ3n) is 2.88. The van der Waals surface area contributed by atoms with E-state index in [9.17, 15) is 9.59 Å². The van der Waals surface area contributed by atoms with Gasteiger partial charge in [0.1, 0.15) is 6.29 Å². The van der Waals surface area contributed by atoms with Gasteiger partial charge in [0.05, 0.1) is 7.11 Å². The molecule has 0 saturated heterocycles. The molecule has 2 unspecified atom stereocenters. The molecule has 0 heterocycles. The standard InChI is InChI=1S/C14H22O3/c1-12(8-5-4-6-11-15)13(2)9-7-10-14(16)17-3/h4-6,8,11-13H,7,9-10H2,1-3H3/b6-4+,8-5+. The van der Waals surface area contributed by atoms with E-state index in [0.29, 0.717) is 18.3 Å². The summed E-state index contributed by atoms with van der Waals surface area (Å²) in [5.41, 5.74) is 0. The molecule has 2 atom stereocenters. The topological polar surface area (TPSA) is 43.4 Å². The van der Waals surface area contributed by atoms with Gasteiger partial charge in [-0.3, -0.25) is 9.59 Å². The fraction of sp³-hybridized carbons (Fsp3) is 0.571. The summed E-state index contributed by atoms with van der Waals surface area (Å²) in [4.78, 5) is 21.0. The van der Waals surface area contributed by atoms with Gasteiger partial charge in [0.2, 0.25) is 0 Å². The number of hydrogen-bond acceptors (Lipinski definition) is 3. The maximum atomic E-state index is 10.9. The third-order valence-corrected chi connectivity index (χ3v) is 2.88. The minimum absolute atomic E-state index is 0.144. The summed E-state index contributed by atoms with van der Waals surface area (Å²) in [6.07, 6.45) is 10.2. The van der Waals surface area contributed by atoms with Crippen molar-refractivity contribution in [3.63, 3.8) is 0 Å². The average Bonchev–Trinajstić information content (AvgIpc) is 2.33. The molecule has 0 saturated carbocycles. The molecule has 0 aliphatic heterocycles. The predicted octanol–water partition coefficient (Wildman–Crippen LogP) is 2.91. The van der Waals surface area contributed by atoms with Gasteiger partial charge in [0.25, 0.3) is 0 Å². The van der Waals surface area contributed by atoms with Crippen LogP contribution in [0.25, 0.3) is 0 Å². The van der Waals surface area contributed by atoms with Crippen LogP contribution in [0.2, 0.25) is 0 Å². The molecule has 0 rings (SSSR count). The molecule has 96 valence electrons. The minimum atomic E-state index is -0.144. The van der Waals surface area contributed by atoms with Crippen LogP contribution in [0.3, 0.4) is 0 Å². The first kappa shape index (κ1) is 15.6. The lowest BCUT2D eigenvalue weighted by atomic mass is 9.90. The Morgan fingerprint density at radius 2 is 1.94 bits per heavy atom. The Bertz CT molecular complexity index is 279. The van der Waals surface area contributed by atoms with Crippen LogP contribution in [-0.4, -0.2) is 19.4 Å². The molecule has 0 bridgehead atoms. The molecule has 0 aromatic rings. The molecule has 0 radical (unpaired) electrons. The number of aldehydes is 1. The van der Waals surface area contributed by atoms with Crippen LogP contribution in [0, 0.1) is 11.8 Å². The second-order valence-corrected chi connectivity index (χ2v) is 4.21. The van der Waals surface area contributed by atoms with Crippen LogP contribution in [0.4, 0.5) is 0 Å². The van der Waals surface area contributed by atoms with Crippen molar-refractivity contribution in [1.82, 2.24) is 0 Å². The van der Waals surface area contributed by atoms with Gasteiger partial charge in [-0.25, -0.2) is 0 Å². The molecular formula is C14H22O3. The zero-order valence-corrected chi connectivity index (χ0v) is 10.9. The second kappa shape index (κ2) is 9.82. The number of esters is 1. The third kappa shape index (κ3) is 8.43. The predicted molar refractivity (Wildman–Crippen MR) is 68.5 cm³/mol. The first-order valence-corrected chi connectivity index (χ1v) is 5.97. The highest BCUT2D eigenvalue weighted by Crippen LogP contribution is 2.19. The van der Waals surface area contributed by atoms with Gasteiger partial charge in [-0.2, -0.15) is 0 Å². The zero-order valence-electron chi connectivity index (χ0n) is 10.9. The number of carbonyl (C=O) groups is 2. The van der Waals surface area contributed by atoms with Crippen molar-refractivity contribution in [1.29, 1.82) is 0 Å². The van der Waals surface area contributed by atoms with E-state index in [2.05, 4.69) is 24.7 Å². The van der Waals surface area contributed by atoms with Gasteiger partial charge in [-0.15, -0.1) is 0 Å². The van der Waals surface area contributed by atoms with Gasteiger partial charge in [-0.05, 0) is 30.8 Å². The van der Waals surface area contributed by atoms with Crippen molar-refractivity contribution in [2.24, 2.45) is 11.8 Å². The van der Waals surface area contributed by atoms with E-state index in [4.69, 9.17) is 0 Å². The molecule has 0 aromatic carbocycles. The highest BCUT2D eigenvalue weighted by atomic mass is 16.5. The Morgan fingerprint density at radius 3 is 2.53 bits per heavy atom. The number of rotatable bonds is 8. The van der Waals surface area contributed by atoms with E-state index in [1.165, 1.54) is 13.2 Å². The van der Waals surface area contributed by atoms with E-state index in [-0.39, 0.29) is 5.97 Å². The van der Waals surface area contributed by atoms with Crippen LogP contribution < -0.4 is 0 Å². The Balaban J connectivity index is 3.84. The van der Waals surface area contributed by atoms with E-state index in [1.807, 2.05) is 6.08 Å². The summed E-state index contributed by atoms with van der Waals surface area (Å²) in [5.74, 6) is 0.804. The lowest BCUT2D eigenvalue weighted by molar-refractivity contribution is -0.140. The molecule has 3 nitrogen and oxygen atoms in total. The molecule has 17 heavy (non-hydrogen) atoms. The lowest BCUT2D eigenvalue weighted by Gasteiger charge is -2.15. The fourth-order valence-corrected chi connectivity index (χ4v) is 1.47. The maximum Gasteiger partial charge on any atom is 0.305 e. The summed E-state index contributed by atoms with van der Waals surface area (Å²) in [6.45, 7) is 4.30. The Kier molecular flexibility index (Phi) is 9.02. The van der Waals surface area contributed by atoms with Crippen molar-refractivity contribution < 1.29 is 14.3 Å². The normalized spacial score (nSPS) is 15.0. The van der Waals surface area contributed by atoms with Crippen molar-refractivity contribution in [3.05, 3.63) is 24.3 Å². The van der Waals surface area contributed by atoms with Crippen LogP contribution in [0.1, 0.15) is 33.1 Å². The molecule has 0 aromatic heterocycles. The molecular weight excluding hydrogens is 216 g/mol. The summed E-state index contributed by atoms with van der Waals surface area (Å²) >= 11 is 0. The van der Waals surface area contributed by atoms with Gasteiger partial charge < -0.3 is 4.74 Å². The number of carbonyl (C=O) groups excluding carboxylic acids is 2. The highest BCUT2D eigenvalue weighted by Gasteiger charge is 2.09. The molecule has 0 aliphatic rings. The molecule has 0 fully saturated rings. The summed E-state index contributed by atoms with van der Waals surface area (Å²) in [7, 11) is 1.41. The SMILES string of the molecule is COC(=O)CCCC(C)C(C)/C=C/C=C/C=O. The number of methoxy groups -OCH3 is 1. The van der Waals surface area contributed by atoms with Gasteiger partial charge in [0.15, 0.2) is 0 Å². The average molecular weight is 238 g/mol. The Morgan fingerprint density at radius 1 is 1.24 bits per heavy atom. The number of allylic oxidation sites excluding steroid dienone is 4. The Labute approximate surface area is 104 Å². The molecule has 0 spiro atoms. The van der Waals surface area contributed by atoms with Gasteiger partial charge in [0, 0.05) is 6.42 Å². The van der Waals surface area contributed by atoms with Crippen LogP contribution in [0.5, 0.6) is 0 Å². The summed E-state index contributed by atoms with van der Waals surface area (Å²) in [6, 6.07) is 0. The zero-order chi connectivity index (χ0) is 13.1. The molecule has 3 heteroatoms. The van der Waals surface area contributed by atoms with Crippen LogP contribution >= 0.6 is 0 Å². The number of hydrogen-bond donors (Lipinski definition) is 0. The first-order valence-electron chi connectivity index (χ1n) is 5.97. The maximum absolute atomic E-state index is 10.9. The van der Waals surface area contributed by atoms with Gasteiger partial charge in [-0.1, -0.05) is 32.1 Å². The largest absolute Gasteiger partial charge is 0.469 e. The van der Waals surface area contributed by atoms with E-state index in [0.717, 1.165) is 19.1 Å². The first-order chi connectivity index (χ1) is 8.11. The van der Waals surface area contributed by atoms with Crippen LogP contribution in [0.15, 0.2) is 24.3 Å². The number of ether oxygens (including phenoxy) is 1. The quantitative estimate of drug-likeness (QED) is 0.282. The van der Waals surface area contributed by atoms with E-state index < -0.39 is 0 Å². The van der Waals surface area contributed by atoms with Crippen molar-refractivity contribution >= 4 is 12.3 Å². The second-order valence-electron chi connectivity index (χ2n) is 4.21. The fourth-order valence-electron chi connectivity index (χ4n) is 1.47. The monoisotopic (exact) mass is 238 g/mol. The van der Waals surface area contributed by atoms with Crippen molar-refractivity contribution in [3.8, 4) is 0 Å².